The maximum atomic E-state index is 12.6. The summed E-state index contributed by atoms with van der Waals surface area (Å²) in [5, 5.41) is 0. The van der Waals surface area contributed by atoms with Crippen molar-refractivity contribution in [1.82, 2.24) is 9.55 Å². The molecule has 6 nitrogen and oxygen atoms in total. The van der Waals surface area contributed by atoms with Crippen molar-refractivity contribution in [2.75, 3.05) is 7.11 Å². The highest BCUT2D eigenvalue weighted by Gasteiger charge is 2.29. The van der Waals surface area contributed by atoms with Gasteiger partial charge in [0.2, 0.25) is 0 Å². The first-order valence-corrected chi connectivity index (χ1v) is 8.94. The van der Waals surface area contributed by atoms with Crippen LogP contribution in [-0.4, -0.2) is 28.8 Å². The highest BCUT2D eigenvalue weighted by molar-refractivity contribution is 5.90. The van der Waals surface area contributed by atoms with Crippen LogP contribution >= 0.6 is 0 Å². The Morgan fingerprint density at radius 3 is 2.53 bits per heavy atom. The van der Waals surface area contributed by atoms with Gasteiger partial charge in [0.15, 0.2) is 11.5 Å². The zero-order valence-corrected chi connectivity index (χ0v) is 16.1. The molecule has 0 saturated heterocycles. The maximum Gasteiger partial charge on any atom is 0.406 e. The smallest absolute Gasteiger partial charge is 0.406 e. The molecule has 0 atom stereocenters. The summed E-state index contributed by atoms with van der Waals surface area (Å²) in [6, 6.07) is 14.0. The number of methoxy groups -OCH3 is 1. The molecule has 0 N–H and O–H groups in total. The van der Waals surface area contributed by atoms with Gasteiger partial charge < -0.3 is 18.8 Å². The van der Waals surface area contributed by atoms with Gasteiger partial charge in [-0.2, -0.15) is 13.2 Å². The fourth-order valence-corrected chi connectivity index (χ4v) is 2.68. The van der Waals surface area contributed by atoms with Crippen molar-refractivity contribution in [3.05, 3.63) is 77.9 Å². The fraction of sp³-hybridized carbons (Fsp3) is 0.238. The molecule has 0 aliphatic heterocycles. The topological polar surface area (TPSA) is 62.6 Å². The Morgan fingerprint density at radius 2 is 1.83 bits per heavy atom. The van der Waals surface area contributed by atoms with Crippen LogP contribution in [0.2, 0.25) is 0 Å². The lowest BCUT2D eigenvalue weighted by Crippen LogP contribution is -2.20. The Bertz CT molecular complexity index is 987. The van der Waals surface area contributed by atoms with Crippen LogP contribution in [0.5, 0.6) is 11.5 Å². The molecule has 0 bridgehead atoms. The molecule has 0 amide bonds. The third kappa shape index (κ3) is 5.76. The fourth-order valence-electron chi connectivity index (χ4n) is 2.68. The molecule has 0 aliphatic carbocycles. The summed E-state index contributed by atoms with van der Waals surface area (Å²) in [5.74, 6) is 0.0532. The van der Waals surface area contributed by atoms with Crippen LogP contribution in [0.15, 0.2) is 60.9 Å². The minimum atomic E-state index is -4.40. The van der Waals surface area contributed by atoms with E-state index in [1.807, 2.05) is 30.3 Å². The van der Waals surface area contributed by atoms with Gasteiger partial charge in [-0.1, -0.05) is 30.3 Å². The lowest BCUT2D eigenvalue weighted by atomic mass is 10.2. The van der Waals surface area contributed by atoms with Crippen LogP contribution in [0.4, 0.5) is 13.2 Å². The molecular formula is C21H19F3N2O4. The van der Waals surface area contributed by atoms with Gasteiger partial charge in [-0.25, -0.2) is 9.78 Å². The van der Waals surface area contributed by atoms with Gasteiger partial charge in [0.1, 0.15) is 25.6 Å². The lowest BCUT2D eigenvalue weighted by molar-refractivity contribution is -0.141. The normalized spacial score (nSPS) is 11.2. The zero-order chi connectivity index (χ0) is 21.6. The number of hydrogen-bond acceptors (Lipinski definition) is 5. The van der Waals surface area contributed by atoms with E-state index in [1.54, 1.807) is 6.07 Å². The van der Waals surface area contributed by atoms with E-state index >= 15 is 0 Å². The standard InChI is InChI=1S/C21H19F3N2O4/c1-28-18-11-16(7-8-17(18)29-12-15-5-3-2-4-6-15)20(27)30-13-19-25-9-10-26(19)14-21(22,23)24/h2-11H,12-14H2,1H3. The minimum Gasteiger partial charge on any atom is -0.493 e. The molecule has 2 aromatic carbocycles. The first kappa shape index (κ1) is 21.2. The molecule has 3 aromatic rings. The predicted octanol–water partition coefficient (Wildman–Crippen LogP) is 4.39. The molecule has 1 aromatic heterocycles. The van der Waals surface area contributed by atoms with Crippen LogP contribution in [0, 0.1) is 0 Å². The van der Waals surface area contributed by atoms with Crippen LogP contribution in [-0.2, 0) is 24.5 Å². The van der Waals surface area contributed by atoms with Crippen molar-refractivity contribution < 1.29 is 32.2 Å². The van der Waals surface area contributed by atoms with Crippen molar-refractivity contribution >= 4 is 5.97 Å². The van der Waals surface area contributed by atoms with Gasteiger partial charge >= 0.3 is 12.1 Å². The first-order valence-electron chi connectivity index (χ1n) is 8.94. The number of carbonyl (C=O) groups is 1. The number of halogens is 3. The highest BCUT2D eigenvalue weighted by atomic mass is 19.4. The average Bonchev–Trinajstić information content (AvgIpc) is 3.16. The Kier molecular flexibility index (Phi) is 6.61. The van der Waals surface area contributed by atoms with E-state index in [0.29, 0.717) is 18.1 Å². The number of carbonyl (C=O) groups excluding carboxylic acids is 1. The van der Waals surface area contributed by atoms with E-state index in [9.17, 15) is 18.0 Å². The lowest BCUT2D eigenvalue weighted by Gasteiger charge is -2.13. The van der Waals surface area contributed by atoms with E-state index < -0.39 is 25.3 Å². The molecule has 0 saturated carbocycles. The van der Waals surface area contributed by atoms with Gasteiger partial charge in [-0.15, -0.1) is 0 Å². The zero-order valence-electron chi connectivity index (χ0n) is 16.1. The molecule has 0 unspecified atom stereocenters. The van der Waals surface area contributed by atoms with Gasteiger partial charge in [0.25, 0.3) is 0 Å². The molecule has 30 heavy (non-hydrogen) atoms. The summed E-state index contributed by atoms with van der Waals surface area (Å²) in [7, 11) is 1.44. The van der Waals surface area contributed by atoms with Crippen LogP contribution < -0.4 is 9.47 Å². The number of aromatic nitrogens is 2. The van der Waals surface area contributed by atoms with E-state index in [0.717, 1.165) is 10.1 Å². The van der Waals surface area contributed by atoms with Crippen molar-refractivity contribution in [3.63, 3.8) is 0 Å². The molecular weight excluding hydrogens is 401 g/mol. The van der Waals surface area contributed by atoms with Crippen LogP contribution in [0.1, 0.15) is 21.7 Å². The number of ether oxygens (including phenoxy) is 3. The van der Waals surface area contributed by atoms with Crippen molar-refractivity contribution in [3.8, 4) is 11.5 Å². The monoisotopic (exact) mass is 420 g/mol. The van der Waals surface area contributed by atoms with E-state index in [1.165, 1.54) is 31.6 Å². The summed E-state index contributed by atoms with van der Waals surface area (Å²) in [6.07, 6.45) is -2.00. The van der Waals surface area contributed by atoms with Crippen LogP contribution in [0.3, 0.4) is 0 Å². The number of hydrogen-bond donors (Lipinski definition) is 0. The van der Waals surface area contributed by atoms with Gasteiger partial charge in [-0.3, -0.25) is 0 Å². The van der Waals surface area contributed by atoms with E-state index in [4.69, 9.17) is 14.2 Å². The first-order chi connectivity index (χ1) is 14.4. The summed E-state index contributed by atoms with van der Waals surface area (Å²) >= 11 is 0. The van der Waals surface area contributed by atoms with E-state index in [2.05, 4.69) is 4.98 Å². The number of benzene rings is 2. The second-order valence-corrected chi connectivity index (χ2v) is 6.30. The number of nitrogens with zero attached hydrogens (tertiary/aromatic N) is 2. The maximum absolute atomic E-state index is 12.6. The molecule has 3 rings (SSSR count). The molecule has 1 heterocycles. The summed E-state index contributed by atoms with van der Waals surface area (Å²) in [5.41, 5.74) is 1.14. The predicted molar refractivity (Wildman–Crippen MR) is 101 cm³/mol. The van der Waals surface area contributed by atoms with Crippen molar-refractivity contribution in [1.29, 1.82) is 0 Å². The van der Waals surface area contributed by atoms with Gasteiger partial charge in [-0.05, 0) is 23.8 Å². The Hall–Kier alpha value is -3.49. The molecule has 0 aliphatic rings. The van der Waals surface area contributed by atoms with E-state index in [-0.39, 0.29) is 11.4 Å². The quantitative estimate of drug-likeness (QED) is 0.506. The summed E-state index contributed by atoms with van der Waals surface area (Å²) in [6.45, 7) is -1.28. The SMILES string of the molecule is COc1cc(C(=O)OCc2nccn2CC(F)(F)F)ccc1OCc1ccccc1. The third-order valence-electron chi connectivity index (χ3n) is 4.12. The van der Waals surface area contributed by atoms with Gasteiger partial charge in [0, 0.05) is 12.4 Å². The van der Waals surface area contributed by atoms with Gasteiger partial charge in [0.05, 0.1) is 12.7 Å². The largest absolute Gasteiger partial charge is 0.493 e. The third-order valence-corrected chi connectivity index (χ3v) is 4.12. The second kappa shape index (κ2) is 9.34. The molecule has 9 heteroatoms. The average molecular weight is 420 g/mol. The minimum absolute atomic E-state index is 0.00421. The van der Waals surface area contributed by atoms with Crippen molar-refractivity contribution in [2.24, 2.45) is 0 Å². The molecule has 0 fully saturated rings. The Labute approximate surface area is 170 Å². The molecule has 158 valence electrons. The molecule has 0 radical (unpaired) electrons. The molecule has 0 spiro atoms. The number of rotatable bonds is 8. The number of alkyl halides is 3. The summed E-state index contributed by atoms with van der Waals surface area (Å²) in [4.78, 5) is 16.1. The second-order valence-electron chi connectivity index (χ2n) is 6.30. The highest BCUT2D eigenvalue weighted by Crippen LogP contribution is 2.29. The van der Waals surface area contributed by atoms with Crippen LogP contribution in [0.25, 0.3) is 0 Å². The summed E-state index contributed by atoms with van der Waals surface area (Å²) < 4.78 is 54.7. The Balaban J connectivity index is 1.63. The van der Waals surface area contributed by atoms with Crippen molar-refractivity contribution in [2.45, 2.75) is 25.9 Å². The number of esters is 1. The Morgan fingerprint density at radius 1 is 1.07 bits per heavy atom. The number of imidazole rings is 1.